The smallest absolute Gasteiger partial charge is 0.243 e. The summed E-state index contributed by atoms with van der Waals surface area (Å²) in [6, 6.07) is 9.04. The second-order valence-corrected chi connectivity index (χ2v) is 11.5. The highest BCUT2D eigenvalue weighted by atomic mass is 35.5. The topological polar surface area (TPSA) is 80.8 Å². The quantitative estimate of drug-likeness (QED) is 0.708. The molecular weight excluding hydrogens is 422 g/mol. The predicted molar refractivity (Wildman–Crippen MR) is 108 cm³/mol. The van der Waals surface area contributed by atoms with Crippen molar-refractivity contribution in [3.63, 3.8) is 0 Å². The molecule has 1 fully saturated rings. The molecule has 1 saturated heterocycles. The number of sulfone groups is 1. The maximum atomic E-state index is 13.1. The van der Waals surface area contributed by atoms with Gasteiger partial charge in [0.1, 0.15) is 5.75 Å². The third-order valence-corrected chi connectivity index (χ3v) is 9.25. The summed E-state index contributed by atoms with van der Waals surface area (Å²) in [6.07, 6.45) is 0.248. The van der Waals surface area contributed by atoms with E-state index in [1.54, 1.807) is 26.0 Å². The van der Waals surface area contributed by atoms with E-state index in [4.69, 9.17) is 16.3 Å². The van der Waals surface area contributed by atoms with Gasteiger partial charge in [-0.15, -0.1) is 0 Å². The lowest BCUT2D eigenvalue weighted by Gasteiger charge is -2.19. The average molecular weight is 444 g/mol. The van der Waals surface area contributed by atoms with Crippen molar-refractivity contribution in [2.75, 3.05) is 20.2 Å². The number of methoxy groups -OCH3 is 1. The van der Waals surface area contributed by atoms with Crippen LogP contribution in [0.25, 0.3) is 0 Å². The van der Waals surface area contributed by atoms with Gasteiger partial charge in [0.25, 0.3) is 0 Å². The molecule has 1 atom stereocenters. The highest BCUT2D eigenvalue weighted by molar-refractivity contribution is 7.92. The highest BCUT2D eigenvalue weighted by Crippen LogP contribution is 2.31. The molecule has 1 unspecified atom stereocenters. The van der Waals surface area contributed by atoms with Crippen molar-refractivity contribution in [1.29, 1.82) is 0 Å². The zero-order valence-corrected chi connectivity index (χ0v) is 18.2. The Hall–Kier alpha value is -1.61. The molecule has 3 rings (SSSR count). The normalized spacial score (nSPS) is 18.4. The first kappa shape index (κ1) is 21.1. The molecule has 28 heavy (non-hydrogen) atoms. The van der Waals surface area contributed by atoms with Crippen LogP contribution >= 0.6 is 11.6 Å². The van der Waals surface area contributed by atoms with Crippen LogP contribution in [0.2, 0.25) is 5.02 Å². The molecule has 1 aliphatic rings. The summed E-state index contributed by atoms with van der Waals surface area (Å²) < 4.78 is 58.4. The van der Waals surface area contributed by atoms with Gasteiger partial charge in [-0.3, -0.25) is 0 Å². The summed E-state index contributed by atoms with van der Waals surface area (Å²) in [4.78, 5) is 0.296. The number of nitrogens with zero attached hydrogens (tertiary/aromatic N) is 1. The lowest BCUT2D eigenvalue weighted by atomic mass is 10.1. The number of ether oxygens (including phenoxy) is 1. The molecule has 152 valence electrons. The standard InChI is InChI=1S/C19H22ClNO5S2/c1-13-10-18(11-14(2)19(13)26-3)28(24,25)21-9-8-17(12-21)27(22,23)16-6-4-15(20)5-7-16/h4-7,10-11,17H,8-9,12H2,1-3H3. The van der Waals surface area contributed by atoms with Gasteiger partial charge < -0.3 is 4.74 Å². The van der Waals surface area contributed by atoms with Crippen LogP contribution in [0.4, 0.5) is 0 Å². The van der Waals surface area contributed by atoms with Crippen molar-refractivity contribution < 1.29 is 21.6 Å². The van der Waals surface area contributed by atoms with Crippen LogP contribution in [0.3, 0.4) is 0 Å². The zero-order valence-electron chi connectivity index (χ0n) is 15.8. The predicted octanol–water partition coefficient (Wildman–Crippen LogP) is 3.20. The number of hydrogen-bond donors (Lipinski definition) is 0. The van der Waals surface area contributed by atoms with E-state index in [0.29, 0.717) is 21.9 Å². The summed E-state index contributed by atoms with van der Waals surface area (Å²) in [5.74, 6) is 0.642. The van der Waals surface area contributed by atoms with E-state index < -0.39 is 25.1 Å². The summed E-state index contributed by atoms with van der Waals surface area (Å²) >= 11 is 5.83. The largest absolute Gasteiger partial charge is 0.496 e. The number of rotatable bonds is 5. The van der Waals surface area contributed by atoms with Gasteiger partial charge in [0, 0.05) is 18.1 Å². The van der Waals surface area contributed by atoms with E-state index in [9.17, 15) is 16.8 Å². The summed E-state index contributed by atoms with van der Waals surface area (Å²) in [6.45, 7) is 3.65. The van der Waals surface area contributed by atoms with Gasteiger partial charge in [-0.05, 0) is 67.8 Å². The Morgan fingerprint density at radius 2 is 1.57 bits per heavy atom. The van der Waals surface area contributed by atoms with Crippen molar-refractivity contribution in [3.8, 4) is 5.75 Å². The molecule has 1 aliphatic heterocycles. The first-order valence-corrected chi connectivity index (χ1v) is 12.1. The Bertz CT molecular complexity index is 1070. The fraction of sp³-hybridized carbons (Fsp3) is 0.368. The van der Waals surface area contributed by atoms with E-state index in [0.717, 1.165) is 0 Å². The van der Waals surface area contributed by atoms with E-state index in [1.807, 2.05) is 0 Å². The fourth-order valence-corrected chi connectivity index (χ4v) is 7.10. The minimum absolute atomic E-state index is 0.0720. The molecule has 0 amide bonds. The molecule has 1 heterocycles. The van der Waals surface area contributed by atoms with E-state index in [2.05, 4.69) is 0 Å². The third-order valence-electron chi connectivity index (χ3n) is 4.96. The van der Waals surface area contributed by atoms with Gasteiger partial charge in [0.2, 0.25) is 10.0 Å². The first-order chi connectivity index (χ1) is 13.1. The number of halogens is 1. The Balaban J connectivity index is 1.88. The molecule has 0 radical (unpaired) electrons. The van der Waals surface area contributed by atoms with E-state index >= 15 is 0 Å². The maximum Gasteiger partial charge on any atom is 0.243 e. The maximum absolute atomic E-state index is 13.1. The molecule has 0 bridgehead atoms. The molecule has 2 aromatic rings. The average Bonchev–Trinajstić information content (AvgIpc) is 3.13. The van der Waals surface area contributed by atoms with Crippen molar-refractivity contribution in [1.82, 2.24) is 4.31 Å². The first-order valence-electron chi connectivity index (χ1n) is 8.72. The number of hydrogen-bond acceptors (Lipinski definition) is 5. The van der Waals surface area contributed by atoms with Gasteiger partial charge in [0.05, 0.1) is 22.2 Å². The highest BCUT2D eigenvalue weighted by Gasteiger charge is 2.39. The summed E-state index contributed by atoms with van der Waals surface area (Å²) in [5, 5.41) is -0.344. The molecule has 0 N–H and O–H groups in total. The van der Waals surface area contributed by atoms with Gasteiger partial charge in [-0.2, -0.15) is 4.31 Å². The molecule has 9 heteroatoms. The van der Waals surface area contributed by atoms with Crippen LogP contribution in [0.5, 0.6) is 5.75 Å². The van der Waals surface area contributed by atoms with Crippen molar-refractivity contribution in [3.05, 3.63) is 52.5 Å². The minimum Gasteiger partial charge on any atom is -0.496 e. The van der Waals surface area contributed by atoms with E-state index in [1.165, 1.54) is 35.7 Å². The Labute approximate surface area is 171 Å². The van der Waals surface area contributed by atoms with Gasteiger partial charge in [-0.1, -0.05) is 11.6 Å². The number of benzene rings is 2. The number of aryl methyl sites for hydroxylation is 2. The Morgan fingerprint density at radius 3 is 2.11 bits per heavy atom. The molecule has 0 saturated carbocycles. The summed E-state index contributed by atoms with van der Waals surface area (Å²) in [5.41, 5.74) is 1.43. The van der Waals surface area contributed by atoms with Crippen LogP contribution in [0.15, 0.2) is 46.2 Å². The van der Waals surface area contributed by atoms with E-state index in [-0.39, 0.29) is 29.3 Å². The zero-order chi connectivity index (χ0) is 20.7. The van der Waals surface area contributed by atoms with Crippen LogP contribution in [-0.2, 0) is 19.9 Å². The number of sulfonamides is 1. The Kier molecular flexibility index (Phi) is 5.78. The van der Waals surface area contributed by atoms with Crippen molar-refractivity contribution in [2.24, 2.45) is 0 Å². The lowest BCUT2D eigenvalue weighted by molar-refractivity contribution is 0.408. The second kappa shape index (κ2) is 7.67. The molecule has 0 aliphatic carbocycles. The molecular formula is C19H22ClNO5S2. The van der Waals surface area contributed by atoms with Crippen LogP contribution < -0.4 is 4.74 Å². The van der Waals surface area contributed by atoms with Crippen LogP contribution in [0, 0.1) is 13.8 Å². The monoisotopic (exact) mass is 443 g/mol. The van der Waals surface area contributed by atoms with Crippen LogP contribution in [-0.4, -0.2) is 46.6 Å². The van der Waals surface area contributed by atoms with Gasteiger partial charge in [0.15, 0.2) is 9.84 Å². The summed E-state index contributed by atoms with van der Waals surface area (Å²) in [7, 11) is -5.90. The Morgan fingerprint density at radius 1 is 1.00 bits per heavy atom. The van der Waals surface area contributed by atoms with Gasteiger partial charge >= 0.3 is 0 Å². The van der Waals surface area contributed by atoms with Crippen molar-refractivity contribution in [2.45, 2.75) is 35.3 Å². The third kappa shape index (κ3) is 3.78. The van der Waals surface area contributed by atoms with Gasteiger partial charge in [-0.25, -0.2) is 16.8 Å². The minimum atomic E-state index is -3.80. The van der Waals surface area contributed by atoms with Crippen LogP contribution in [0.1, 0.15) is 17.5 Å². The van der Waals surface area contributed by atoms with Crippen molar-refractivity contribution >= 4 is 31.5 Å². The lowest BCUT2D eigenvalue weighted by Crippen LogP contribution is -2.32. The molecule has 0 aromatic heterocycles. The molecule has 2 aromatic carbocycles. The fourth-order valence-electron chi connectivity index (χ4n) is 3.52. The molecule has 0 spiro atoms. The SMILES string of the molecule is COc1c(C)cc(S(=O)(=O)N2CCC(S(=O)(=O)c3ccc(Cl)cc3)C2)cc1C. The second-order valence-electron chi connectivity index (χ2n) is 6.86. The molecule has 6 nitrogen and oxygen atoms in total.